The smallest absolute Gasteiger partial charge is 0.151 e. The van der Waals surface area contributed by atoms with Crippen LogP contribution in [-0.4, -0.2) is 21.8 Å². The molecule has 0 amide bonds. The zero-order valence-corrected chi connectivity index (χ0v) is 23.8. The van der Waals surface area contributed by atoms with E-state index in [1.54, 1.807) is 0 Å². The molecular formula is C26H55ClN4. The Morgan fingerprint density at radius 1 is 0.806 bits per heavy atom. The molecule has 0 saturated heterocycles. The van der Waals surface area contributed by atoms with Crippen LogP contribution in [0.25, 0.3) is 0 Å². The minimum atomic E-state index is -0.532. The predicted octanol–water partition coefficient (Wildman–Crippen LogP) is 9.38. The van der Waals surface area contributed by atoms with Crippen LogP contribution in [0.5, 0.6) is 0 Å². The summed E-state index contributed by atoms with van der Waals surface area (Å²) in [5.74, 6) is 1.56. The fourth-order valence-electron chi connectivity index (χ4n) is 2.86. The third-order valence-corrected chi connectivity index (χ3v) is 5.06. The summed E-state index contributed by atoms with van der Waals surface area (Å²) in [6.45, 7) is 25.6. The normalized spacial score (nSPS) is 17.0. The third kappa shape index (κ3) is 25.5. The number of hydrazone groups is 1. The number of nitrogens with one attached hydrogen (secondary N) is 1. The van der Waals surface area contributed by atoms with E-state index in [0.29, 0.717) is 0 Å². The molecule has 0 aliphatic rings. The third-order valence-electron chi connectivity index (χ3n) is 4.80. The van der Waals surface area contributed by atoms with Crippen LogP contribution in [0.1, 0.15) is 134 Å². The maximum atomic E-state index is 6.33. The van der Waals surface area contributed by atoms with E-state index in [9.17, 15) is 0 Å². The van der Waals surface area contributed by atoms with E-state index in [2.05, 4.69) is 76.1 Å². The van der Waals surface area contributed by atoms with E-state index in [0.717, 1.165) is 31.1 Å². The van der Waals surface area contributed by atoms with Gasteiger partial charge in [0, 0.05) is 11.3 Å². The van der Waals surface area contributed by atoms with Crippen molar-refractivity contribution in [2.24, 2.45) is 27.2 Å². The van der Waals surface area contributed by atoms with Crippen molar-refractivity contribution in [1.82, 2.24) is 5.43 Å². The quantitative estimate of drug-likeness (QED) is 0.102. The second-order valence-corrected chi connectivity index (χ2v) is 12.4. The first-order valence-corrected chi connectivity index (χ1v) is 12.8. The molecule has 31 heavy (non-hydrogen) atoms. The number of rotatable bonds is 12. The van der Waals surface area contributed by atoms with Gasteiger partial charge in [-0.05, 0) is 92.9 Å². The van der Waals surface area contributed by atoms with Gasteiger partial charge in [-0.15, -0.1) is 0 Å². The van der Waals surface area contributed by atoms with Gasteiger partial charge in [0.1, 0.15) is 0 Å². The van der Waals surface area contributed by atoms with E-state index >= 15 is 0 Å². The van der Waals surface area contributed by atoms with E-state index in [1.165, 1.54) is 37.8 Å². The van der Waals surface area contributed by atoms with Gasteiger partial charge in [-0.2, -0.15) is 15.3 Å². The lowest BCUT2D eigenvalue weighted by Gasteiger charge is -2.20. The summed E-state index contributed by atoms with van der Waals surface area (Å²) in [5.41, 5.74) is 4.33. The maximum Gasteiger partial charge on any atom is 0.151 e. The topological polar surface area (TPSA) is 49.1 Å². The Morgan fingerprint density at radius 2 is 1.29 bits per heavy atom. The van der Waals surface area contributed by atoms with Crippen LogP contribution >= 0.6 is 11.6 Å². The van der Waals surface area contributed by atoms with E-state index in [4.69, 9.17) is 11.6 Å². The van der Waals surface area contributed by atoms with Crippen LogP contribution in [0.3, 0.4) is 0 Å². The monoisotopic (exact) mass is 458 g/mol. The summed E-state index contributed by atoms with van der Waals surface area (Å²) in [7, 11) is 0. The second-order valence-electron chi connectivity index (χ2n) is 11.6. The van der Waals surface area contributed by atoms with Gasteiger partial charge >= 0.3 is 0 Å². The van der Waals surface area contributed by atoms with Crippen LogP contribution in [0.4, 0.5) is 0 Å². The average molecular weight is 459 g/mol. The molecule has 0 saturated carbocycles. The zero-order valence-electron chi connectivity index (χ0n) is 23.0. The van der Waals surface area contributed by atoms with Crippen molar-refractivity contribution < 1.29 is 0 Å². The van der Waals surface area contributed by atoms with Crippen LogP contribution in [-0.2, 0) is 0 Å². The van der Waals surface area contributed by atoms with Crippen LogP contribution in [0, 0.1) is 11.8 Å². The van der Waals surface area contributed by atoms with Crippen molar-refractivity contribution in [3.63, 3.8) is 0 Å². The molecule has 0 aliphatic carbocycles. The number of azo groups is 1. The number of hydrogen-bond donors (Lipinski definition) is 1. The molecule has 0 rings (SSSR count). The highest BCUT2D eigenvalue weighted by Crippen LogP contribution is 2.28. The molecular weight excluding hydrogens is 404 g/mol. The van der Waals surface area contributed by atoms with Gasteiger partial charge in [-0.25, -0.2) is 0 Å². The molecule has 0 heterocycles. The van der Waals surface area contributed by atoms with E-state index < -0.39 is 5.00 Å². The maximum absolute atomic E-state index is 6.33. The van der Waals surface area contributed by atoms with Gasteiger partial charge in [0.25, 0.3) is 0 Å². The molecule has 186 valence electrons. The van der Waals surface area contributed by atoms with Gasteiger partial charge in [0.2, 0.25) is 0 Å². The first-order valence-electron chi connectivity index (χ1n) is 12.4. The summed E-state index contributed by atoms with van der Waals surface area (Å²) in [6, 6.07) is 0. The fourth-order valence-corrected chi connectivity index (χ4v) is 3.01. The molecule has 0 aliphatic heterocycles. The van der Waals surface area contributed by atoms with Crippen molar-refractivity contribution >= 4 is 17.3 Å². The highest BCUT2D eigenvalue weighted by molar-refractivity contribution is 6.23. The lowest BCUT2D eigenvalue weighted by atomic mass is 9.98. The van der Waals surface area contributed by atoms with Crippen LogP contribution < -0.4 is 5.43 Å². The standard InChI is InChI=1S/C13H27ClN2.C13H28N2/c1-7-8-11(2)9-10-13(6,14)16-15-12(3,4)5;1-7-8-11(2)9-10-12(3)14-15-13(4,5)6/h11H,7-10H2,1-6H3;11,15H,7-10H2,1-6H3/b;14-12+. The number of nitrogens with zero attached hydrogens (tertiary/aromatic N) is 3. The molecule has 0 aromatic heterocycles. The van der Waals surface area contributed by atoms with Crippen molar-refractivity contribution in [1.29, 1.82) is 0 Å². The van der Waals surface area contributed by atoms with Crippen molar-refractivity contribution in [2.45, 2.75) is 151 Å². The fraction of sp³-hybridized carbons (Fsp3) is 0.962. The number of alkyl halides is 1. The van der Waals surface area contributed by atoms with Crippen LogP contribution in [0.2, 0.25) is 0 Å². The Balaban J connectivity index is 0. The summed E-state index contributed by atoms with van der Waals surface area (Å²) in [6.07, 6.45) is 9.52. The largest absolute Gasteiger partial charge is 0.305 e. The molecule has 3 atom stereocenters. The molecule has 0 aromatic rings. The Kier molecular flexibility index (Phi) is 16.8. The Bertz CT molecular complexity index is 499. The van der Waals surface area contributed by atoms with Crippen molar-refractivity contribution in [3.8, 4) is 0 Å². The number of halogens is 1. The van der Waals surface area contributed by atoms with Gasteiger partial charge in [-0.3, -0.25) is 0 Å². The van der Waals surface area contributed by atoms with Crippen LogP contribution in [0.15, 0.2) is 15.3 Å². The molecule has 0 radical (unpaired) electrons. The van der Waals surface area contributed by atoms with Gasteiger partial charge in [0.15, 0.2) is 5.00 Å². The Hall–Kier alpha value is -0.640. The highest BCUT2D eigenvalue weighted by atomic mass is 35.5. The summed E-state index contributed by atoms with van der Waals surface area (Å²) < 4.78 is 0. The Morgan fingerprint density at radius 3 is 1.71 bits per heavy atom. The summed E-state index contributed by atoms with van der Waals surface area (Å²) in [4.78, 5) is -0.532. The molecule has 0 aromatic carbocycles. The average Bonchev–Trinajstić information content (AvgIpc) is 2.62. The van der Waals surface area contributed by atoms with Crippen molar-refractivity contribution in [2.75, 3.05) is 0 Å². The highest BCUT2D eigenvalue weighted by Gasteiger charge is 2.22. The van der Waals surface area contributed by atoms with Gasteiger partial charge in [-0.1, -0.05) is 65.0 Å². The second kappa shape index (κ2) is 16.0. The van der Waals surface area contributed by atoms with Gasteiger partial charge in [0.05, 0.1) is 5.54 Å². The first kappa shape index (κ1) is 32.5. The number of hydrogen-bond acceptors (Lipinski definition) is 4. The van der Waals surface area contributed by atoms with E-state index in [1.807, 2.05) is 27.7 Å². The minimum Gasteiger partial charge on any atom is -0.305 e. The lowest BCUT2D eigenvalue weighted by Crippen LogP contribution is -2.32. The SMILES string of the molecule is CCCC(C)CC/C(C)=N/NC(C)(C)C.CCCC(C)CCC(C)(Cl)N=NC(C)(C)C. The minimum absolute atomic E-state index is 0.0797. The molecule has 4 nitrogen and oxygen atoms in total. The van der Waals surface area contributed by atoms with E-state index in [-0.39, 0.29) is 11.1 Å². The molecule has 0 fully saturated rings. The Labute approximate surface area is 200 Å². The molecule has 1 N–H and O–H groups in total. The molecule has 0 spiro atoms. The summed E-state index contributed by atoms with van der Waals surface area (Å²) in [5, 5.41) is 12.9. The molecule has 0 bridgehead atoms. The van der Waals surface area contributed by atoms with Crippen molar-refractivity contribution in [3.05, 3.63) is 0 Å². The van der Waals surface area contributed by atoms with Gasteiger partial charge < -0.3 is 5.43 Å². The molecule has 3 unspecified atom stereocenters. The first-order chi connectivity index (χ1) is 14.0. The zero-order chi connectivity index (χ0) is 24.7. The summed E-state index contributed by atoms with van der Waals surface area (Å²) >= 11 is 6.33. The predicted molar refractivity (Wildman–Crippen MR) is 141 cm³/mol. The molecule has 5 heteroatoms. The lowest BCUT2D eigenvalue weighted by molar-refractivity contribution is 0.411.